The average Bonchev–Trinajstić information content (AvgIpc) is 2.84. The fraction of sp³-hybridized carbons (Fsp3) is 0.308. The lowest BCUT2D eigenvalue weighted by molar-refractivity contribution is -0.384. The van der Waals surface area contributed by atoms with Gasteiger partial charge in [0.2, 0.25) is 0 Å². The van der Waals surface area contributed by atoms with Gasteiger partial charge in [0, 0.05) is 48.4 Å². The summed E-state index contributed by atoms with van der Waals surface area (Å²) in [6.45, 7) is 2.81. The lowest BCUT2D eigenvalue weighted by Crippen LogP contribution is -2.46. The molecule has 1 N–H and O–H groups in total. The molecule has 8 heteroatoms. The van der Waals surface area contributed by atoms with E-state index in [9.17, 15) is 14.9 Å². The lowest BCUT2D eigenvalue weighted by atomic mass is 10.2. The van der Waals surface area contributed by atoms with Gasteiger partial charge < -0.3 is 10.2 Å². The molecule has 1 aromatic carbocycles. The highest BCUT2D eigenvalue weighted by molar-refractivity contribution is 7.21. The number of hydrogen-bond acceptors (Lipinski definition) is 5. The third-order valence-corrected chi connectivity index (χ3v) is 5.07. The van der Waals surface area contributed by atoms with Crippen molar-refractivity contribution in [1.29, 1.82) is 0 Å². The van der Waals surface area contributed by atoms with Crippen LogP contribution in [0.1, 0.15) is 9.67 Å². The van der Waals surface area contributed by atoms with Crippen LogP contribution in [0.25, 0.3) is 10.1 Å². The number of halogens is 1. The third-order valence-electron chi connectivity index (χ3n) is 3.42. The maximum absolute atomic E-state index is 12.5. The number of nitro benzene ring substituents is 1. The Kier molecular flexibility index (Phi) is 3.79. The minimum atomic E-state index is -0.454. The van der Waals surface area contributed by atoms with Crippen molar-refractivity contribution in [2.75, 3.05) is 26.2 Å². The SMILES string of the molecule is O=C(c1sc2cc([N+](=O)[O-])ccc2c1Cl)N1CCNCC1. The summed E-state index contributed by atoms with van der Waals surface area (Å²) in [5, 5.41) is 15.1. The summed E-state index contributed by atoms with van der Waals surface area (Å²) in [6, 6.07) is 4.46. The Hall–Kier alpha value is -1.70. The molecule has 1 amide bonds. The molecule has 2 heterocycles. The molecule has 0 unspecified atom stereocenters. The van der Waals surface area contributed by atoms with Gasteiger partial charge in [-0.05, 0) is 6.07 Å². The molecule has 0 saturated carbocycles. The van der Waals surface area contributed by atoms with Crippen molar-refractivity contribution >= 4 is 44.6 Å². The van der Waals surface area contributed by atoms with Gasteiger partial charge in [-0.3, -0.25) is 14.9 Å². The van der Waals surface area contributed by atoms with Crippen LogP contribution >= 0.6 is 22.9 Å². The minimum Gasteiger partial charge on any atom is -0.335 e. The van der Waals surface area contributed by atoms with Gasteiger partial charge in [-0.25, -0.2) is 0 Å². The first-order chi connectivity index (χ1) is 10.1. The van der Waals surface area contributed by atoms with Gasteiger partial charge >= 0.3 is 0 Å². The van der Waals surface area contributed by atoms with Crippen LogP contribution in [0.3, 0.4) is 0 Å². The molecule has 0 radical (unpaired) electrons. The Morgan fingerprint density at radius 1 is 1.38 bits per heavy atom. The standard InChI is InChI=1S/C13H12ClN3O3S/c14-11-9-2-1-8(17(19)20)7-10(9)21-12(11)13(18)16-5-3-15-4-6-16/h1-2,7,15H,3-6H2. The molecule has 1 aliphatic rings. The van der Waals surface area contributed by atoms with Crippen molar-refractivity contribution in [3.05, 3.63) is 38.2 Å². The predicted molar refractivity (Wildman–Crippen MR) is 82.3 cm³/mol. The number of nitrogens with one attached hydrogen (secondary N) is 1. The number of non-ortho nitro benzene ring substituents is 1. The number of carbonyl (C=O) groups excluding carboxylic acids is 1. The molecule has 1 aliphatic heterocycles. The number of thiophene rings is 1. The fourth-order valence-corrected chi connectivity index (χ4v) is 3.83. The normalized spacial score (nSPS) is 15.4. The Morgan fingerprint density at radius 2 is 2.10 bits per heavy atom. The van der Waals surface area contributed by atoms with Crippen molar-refractivity contribution < 1.29 is 9.72 Å². The highest BCUT2D eigenvalue weighted by Crippen LogP contribution is 2.37. The van der Waals surface area contributed by atoms with Crippen LogP contribution in [-0.4, -0.2) is 41.9 Å². The Bertz CT molecular complexity index is 725. The van der Waals surface area contributed by atoms with Crippen LogP contribution in [0.15, 0.2) is 18.2 Å². The second kappa shape index (κ2) is 5.59. The van der Waals surface area contributed by atoms with Crippen LogP contribution in [0, 0.1) is 10.1 Å². The smallest absolute Gasteiger partial charge is 0.270 e. The zero-order valence-electron chi connectivity index (χ0n) is 11.0. The number of fused-ring (bicyclic) bond motifs is 1. The van der Waals surface area contributed by atoms with Gasteiger partial charge in [0.1, 0.15) is 4.88 Å². The molecule has 110 valence electrons. The summed E-state index contributed by atoms with van der Waals surface area (Å²) >= 11 is 7.49. The molecule has 0 atom stereocenters. The van der Waals surface area contributed by atoms with E-state index in [4.69, 9.17) is 11.6 Å². The van der Waals surface area contributed by atoms with E-state index in [0.29, 0.717) is 33.1 Å². The monoisotopic (exact) mass is 325 g/mol. The van der Waals surface area contributed by atoms with Gasteiger partial charge in [-0.1, -0.05) is 11.6 Å². The molecule has 1 fully saturated rings. The largest absolute Gasteiger partial charge is 0.335 e. The zero-order valence-corrected chi connectivity index (χ0v) is 12.5. The molecule has 0 aliphatic carbocycles. The van der Waals surface area contributed by atoms with Crippen molar-refractivity contribution in [3.8, 4) is 0 Å². The topological polar surface area (TPSA) is 75.5 Å². The van der Waals surface area contributed by atoms with E-state index >= 15 is 0 Å². The average molecular weight is 326 g/mol. The molecular formula is C13H12ClN3O3S. The predicted octanol–water partition coefficient (Wildman–Crippen LogP) is 2.51. The summed E-state index contributed by atoms with van der Waals surface area (Å²) in [6.07, 6.45) is 0. The van der Waals surface area contributed by atoms with Crippen molar-refractivity contribution in [1.82, 2.24) is 10.2 Å². The highest BCUT2D eigenvalue weighted by atomic mass is 35.5. The number of nitro groups is 1. The molecule has 3 rings (SSSR count). The number of piperazine rings is 1. The fourth-order valence-electron chi connectivity index (χ4n) is 2.32. The first kappa shape index (κ1) is 14.2. The van der Waals surface area contributed by atoms with Crippen LogP contribution in [-0.2, 0) is 0 Å². The number of carbonyl (C=O) groups is 1. The summed E-state index contributed by atoms with van der Waals surface area (Å²) < 4.78 is 0.660. The Balaban J connectivity index is 2.00. The maximum atomic E-state index is 12.5. The highest BCUT2D eigenvalue weighted by Gasteiger charge is 2.24. The van der Waals surface area contributed by atoms with Crippen molar-refractivity contribution in [3.63, 3.8) is 0 Å². The van der Waals surface area contributed by atoms with E-state index in [2.05, 4.69) is 5.32 Å². The van der Waals surface area contributed by atoms with Crippen LogP contribution in [0.5, 0.6) is 0 Å². The summed E-state index contributed by atoms with van der Waals surface area (Å²) in [5.41, 5.74) is 0.00147. The van der Waals surface area contributed by atoms with Crippen molar-refractivity contribution in [2.24, 2.45) is 0 Å². The molecule has 6 nitrogen and oxygen atoms in total. The first-order valence-electron chi connectivity index (χ1n) is 6.44. The molecule has 1 aromatic heterocycles. The second-order valence-corrected chi connectivity index (χ2v) is 6.16. The Morgan fingerprint density at radius 3 is 2.76 bits per heavy atom. The van der Waals surface area contributed by atoms with E-state index in [-0.39, 0.29) is 11.6 Å². The molecular weight excluding hydrogens is 314 g/mol. The maximum Gasteiger partial charge on any atom is 0.270 e. The van der Waals surface area contributed by atoms with Gasteiger partial charge in [0.05, 0.1) is 9.95 Å². The lowest BCUT2D eigenvalue weighted by Gasteiger charge is -2.27. The van der Waals surface area contributed by atoms with E-state index in [1.165, 1.54) is 23.5 Å². The van der Waals surface area contributed by atoms with Crippen LogP contribution in [0.4, 0.5) is 5.69 Å². The van der Waals surface area contributed by atoms with Gasteiger partial charge in [-0.15, -0.1) is 11.3 Å². The first-order valence-corrected chi connectivity index (χ1v) is 7.64. The number of amides is 1. The zero-order chi connectivity index (χ0) is 15.0. The summed E-state index contributed by atoms with van der Waals surface area (Å²) in [4.78, 5) is 25.1. The molecule has 21 heavy (non-hydrogen) atoms. The summed E-state index contributed by atoms with van der Waals surface area (Å²) in [7, 11) is 0. The summed E-state index contributed by atoms with van der Waals surface area (Å²) in [5.74, 6) is -0.106. The van der Waals surface area contributed by atoms with Crippen LogP contribution < -0.4 is 5.32 Å². The van der Waals surface area contributed by atoms with E-state index < -0.39 is 4.92 Å². The molecule has 0 bridgehead atoms. The molecule has 0 spiro atoms. The second-order valence-electron chi connectivity index (χ2n) is 4.72. The number of nitrogens with zero attached hydrogens (tertiary/aromatic N) is 2. The van der Waals surface area contributed by atoms with E-state index in [1.807, 2.05) is 0 Å². The third kappa shape index (κ3) is 2.59. The Labute approximate surface area is 129 Å². The van der Waals surface area contributed by atoms with Gasteiger partial charge in [-0.2, -0.15) is 0 Å². The number of rotatable bonds is 2. The van der Waals surface area contributed by atoms with Crippen molar-refractivity contribution in [2.45, 2.75) is 0 Å². The molecule has 1 saturated heterocycles. The number of benzene rings is 1. The minimum absolute atomic E-state index is 0.00147. The van der Waals surface area contributed by atoms with E-state index in [0.717, 1.165) is 13.1 Å². The van der Waals surface area contributed by atoms with E-state index in [1.54, 1.807) is 11.0 Å². The molecule has 2 aromatic rings. The van der Waals surface area contributed by atoms with Gasteiger partial charge in [0.15, 0.2) is 0 Å². The number of hydrogen-bond donors (Lipinski definition) is 1. The van der Waals surface area contributed by atoms with Gasteiger partial charge in [0.25, 0.3) is 11.6 Å². The quantitative estimate of drug-likeness (QED) is 0.680. The van der Waals surface area contributed by atoms with Crippen LogP contribution in [0.2, 0.25) is 5.02 Å².